The summed E-state index contributed by atoms with van der Waals surface area (Å²) in [5, 5.41) is 3.05. The van der Waals surface area contributed by atoms with Gasteiger partial charge in [0.05, 0.1) is 5.69 Å². The third-order valence-corrected chi connectivity index (χ3v) is 3.46. The molecule has 0 saturated carbocycles. The first-order valence-corrected chi connectivity index (χ1v) is 6.88. The number of hydrogen-bond donors (Lipinski definition) is 2. The van der Waals surface area contributed by atoms with Gasteiger partial charge in [-0.3, -0.25) is 4.79 Å². The van der Waals surface area contributed by atoms with Crippen LogP contribution >= 0.6 is 15.9 Å². The lowest BCUT2D eigenvalue weighted by atomic mass is 10.1. The number of nitrogens with two attached hydrogens (primary N) is 1. The number of carbonyl (C=O) groups excluding carboxylic acids is 1. The Bertz CT molecular complexity index is 646. The van der Waals surface area contributed by atoms with Gasteiger partial charge in [-0.25, -0.2) is 4.39 Å². The van der Waals surface area contributed by atoms with Gasteiger partial charge in [-0.05, 0) is 42.8 Å². The topological polar surface area (TPSA) is 55.1 Å². The highest BCUT2D eigenvalue weighted by Crippen LogP contribution is 2.24. The summed E-state index contributed by atoms with van der Waals surface area (Å²) in [7, 11) is 0. The molecule has 0 radical (unpaired) electrons. The van der Waals surface area contributed by atoms with E-state index >= 15 is 0 Å². The molecule has 2 aromatic rings. The van der Waals surface area contributed by atoms with E-state index in [1.165, 1.54) is 18.2 Å². The van der Waals surface area contributed by atoms with Gasteiger partial charge in [-0.2, -0.15) is 0 Å². The first-order valence-electron chi connectivity index (χ1n) is 6.08. The Hall–Kier alpha value is -1.88. The SMILES string of the molecule is CC(Nc1cc(C(N)=O)ccc1F)c1cccc(Br)c1. The highest BCUT2D eigenvalue weighted by molar-refractivity contribution is 9.10. The average Bonchev–Trinajstić information content (AvgIpc) is 2.41. The van der Waals surface area contributed by atoms with Gasteiger partial charge in [-0.1, -0.05) is 28.1 Å². The van der Waals surface area contributed by atoms with Crippen molar-refractivity contribution in [1.29, 1.82) is 0 Å². The minimum atomic E-state index is -0.580. The Balaban J connectivity index is 2.25. The van der Waals surface area contributed by atoms with E-state index in [4.69, 9.17) is 5.73 Å². The molecule has 3 N–H and O–H groups in total. The molecular formula is C15H14BrFN2O. The molecule has 2 aromatic carbocycles. The molecule has 0 heterocycles. The van der Waals surface area contributed by atoms with Crippen LogP contribution in [0, 0.1) is 5.82 Å². The molecule has 5 heteroatoms. The van der Waals surface area contributed by atoms with Gasteiger partial charge in [0.1, 0.15) is 5.82 Å². The average molecular weight is 337 g/mol. The summed E-state index contributed by atoms with van der Waals surface area (Å²) < 4.78 is 14.7. The normalized spacial score (nSPS) is 11.9. The van der Waals surface area contributed by atoms with Gasteiger partial charge in [0.25, 0.3) is 0 Å². The summed E-state index contributed by atoms with van der Waals surface area (Å²) in [5.74, 6) is -1.000. The zero-order valence-corrected chi connectivity index (χ0v) is 12.4. The quantitative estimate of drug-likeness (QED) is 0.890. The molecule has 3 nitrogen and oxygen atoms in total. The maximum absolute atomic E-state index is 13.8. The third kappa shape index (κ3) is 3.36. The van der Waals surface area contributed by atoms with Gasteiger partial charge >= 0.3 is 0 Å². The zero-order valence-electron chi connectivity index (χ0n) is 10.9. The van der Waals surface area contributed by atoms with Crippen molar-refractivity contribution in [2.75, 3.05) is 5.32 Å². The Morgan fingerprint density at radius 3 is 2.70 bits per heavy atom. The van der Waals surface area contributed by atoms with E-state index in [0.717, 1.165) is 10.0 Å². The van der Waals surface area contributed by atoms with Gasteiger partial charge in [-0.15, -0.1) is 0 Å². The molecule has 2 rings (SSSR count). The van der Waals surface area contributed by atoms with Crippen molar-refractivity contribution in [1.82, 2.24) is 0 Å². The highest BCUT2D eigenvalue weighted by atomic mass is 79.9. The van der Waals surface area contributed by atoms with E-state index < -0.39 is 11.7 Å². The highest BCUT2D eigenvalue weighted by Gasteiger charge is 2.11. The van der Waals surface area contributed by atoms with Gasteiger partial charge in [0.2, 0.25) is 5.91 Å². The zero-order chi connectivity index (χ0) is 14.7. The standard InChI is InChI=1S/C15H14BrFN2O/c1-9(10-3-2-4-12(16)7-10)19-14-8-11(15(18)20)5-6-13(14)17/h2-9,19H,1H3,(H2,18,20). The molecule has 0 bridgehead atoms. The van der Waals surface area contributed by atoms with Crippen molar-refractivity contribution >= 4 is 27.5 Å². The molecule has 0 saturated heterocycles. The van der Waals surface area contributed by atoms with Crippen molar-refractivity contribution in [3.05, 3.63) is 63.9 Å². The summed E-state index contributed by atoms with van der Waals surface area (Å²) >= 11 is 3.40. The molecule has 20 heavy (non-hydrogen) atoms. The lowest BCUT2D eigenvalue weighted by Gasteiger charge is -2.17. The number of rotatable bonds is 4. The van der Waals surface area contributed by atoms with Crippen LogP contribution in [0.25, 0.3) is 0 Å². The molecule has 1 amide bonds. The maximum atomic E-state index is 13.8. The summed E-state index contributed by atoms with van der Waals surface area (Å²) in [6.45, 7) is 1.91. The fraction of sp³-hybridized carbons (Fsp3) is 0.133. The summed E-state index contributed by atoms with van der Waals surface area (Å²) in [4.78, 5) is 11.1. The van der Waals surface area contributed by atoms with E-state index in [1.54, 1.807) is 0 Å². The molecule has 0 aliphatic carbocycles. The van der Waals surface area contributed by atoms with Gasteiger partial charge in [0, 0.05) is 16.1 Å². The fourth-order valence-electron chi connectivity index (χ4n) is 1.88. The van der Waals surface area contributed by atoms with Crippen molar-refractivity contribution in [2.24, 2.45) is 5.73 Å². The Morgan fingerprint density at radius 1 is 1.30 bits per heavy atom. The first-order chi connectivity index (χ1) is 9.47. The molecular weight excluding hydrogens is 323 g/mol. The first kappa shape index (κ1) is 14.5. The lowest BCUT2D eigenvalue weighted by Crippen LogP contribution is -2.13. The molecule has 0 aromatic heterocycles. The van der Waals surface area contributed by atoms with Gasteiger partial charge in [0.15, 0.2) is 0 Å². The van der Waals surface area contributed by atoms with Crippen molar-refractivity contribution in [2.45, 2.75) is 13.0 Å². The number of carbonyl (C=O) groups is 1. The Kier molecular flexibility index (Phi) is 4.39. The van der Waals surface area contributed by atoms with Crippen LogP contribution in [-0.4, -0.2) is 5.91 Å². The second-order valence-electron chi connectivity index (χ2n) is 4.48. The minimum absolute atomic E-state index is 0.106. The fourth-order valence-corrected chi connectivity index (χ4v) is 2.30. The number of halogens is 2. The Labute approximate surface area is 125 Å². The smallest absolute Gasteiger partial charge is 0.248 e. The van der Waals surface area contributed by atoms with E-state index in [0.29, 0.717) is 0 Å². The molecule has 1 unspecified atom stereocenters. The van der Waals surface area contributed by atoms with E-state index in [2.05, 4.69) is 21.2 Å². The lowest BCUT2D eigenvalue weighted by molar-refractivity contribution is 0.100. The van der Waals surface area contributed by atoms with E-state index in [-0.39, 0.29) is 17.3 Å². The number of benzene rings is 2. The van der Waals surface area contributed by atoms with Crippen LogP contribution in [0.3, 0.4) is 0 Å². The van der Waals surface area contributed by atoms with E-state index in [1.807, 2.05) is 31.2 Å². The minimum Gasteiger partial charge on any atom is -0.376 e. The summed E-state index contributed by atoms with van der Waals surface area (Å²) in [6, 6.07) is 11.6. The molecule has 0 fully saturated rings. The number of hydrogen-bond acceptors (Lipinski definition) is 2. The number of anilines is 1. The predicted molar refractivity (Wildman–Crippen MR) is 81.1 cm³/mol. The van der Waals surface area contributed by atoms with Crippen LogP contribution in [0.4, 0.5) is 10.1 Å². The van der Waals surface area contributed by atoms with Crippen molar-refractivity contribution in [3.63, 3.8) is 0 Å². The van der Waals surface area contributed by atoms with E-state index in [9.17, 15) is 9.18 Å². The molecule has 1 atom stereocenters. The number of primary amides is 1. The summed E-state index contributed by atoms with van der Waals surface area (Å²) in [5.41, 5.74) is 6.73. The largest absolute Gasteiger partial charge is 0.376 e. The van der Waals surface area contributed by atoms with Crippen LogP contribution in [0.2, 0.25) is 0 Å². The molecule has 0 aliphatic rings. The maximum Gasteiger partial charge on any atom is 0.248 e. The molecule has 0 spiro atoms. The predicted octanol–water partition coefficient (Wildman–Crippen LogP) is 3.86. The van der Waals surface area contributed by atoms with Crippen LogP contribution in [0.15, 0.2) is 46.9 Å². The van der Waals surface area contributed by atoms with Crippen molar-refractivity contribution in [3.8, 4) is 0 Å². The van der Waals surface area contributed by atoms with Gasteiger partial charge < -0.3 is 11.1 Å². The van der Waals surface area contributed by atoms with Crippen molar-refractivity contribution < 1.29 is 9.18 Å². The molecule has 0 aliphatic heterocycles. The third-order valence-electron chi connectivity index (χ3n) is 2.97. The molecule has 104 valence electrons. The van der Waals surface area contributed by atoms with Crippen LogP contribution < -0.4 is 11.1 Å². The van der Waals surface area contributed by atoms with Crippen LogP contribution in [-0.2, 0) is 0 Å². The van der Waals surface area contributed by atoms with Crippen LogP contribution in [0.1, 0.15) is 28.9 Å². The monoisotopic (exact) mass is 336 g/mol. The van der Waals surface area contributed by atoms with Crippen LogP contribution in [0.5, 0.6) is 0 Å². The second-order valence-corrected chi connectivity index (χ2v) is 5.40. The number of amides is 1. The summed E-state index contributed by atoms with van der Waals surface area (Å²) in [6.07, 6.45) is 0. The second kappa shape index (κ2) is 6.05. The number of nitrogens with one attached hydrogen (secondary N) is 1. The Morgan fingerprint density at radius 2 is 2.05 bits per heavy atom.